The van der Waals surface area contributed by atoms with Gasteiger partial charge in [-0.25, -0.2) is 0 Å². The molecule has 2 rings (SSSR count). The van der Waals surface area contributed by atoms with E-state index in [1.807, 2.05) is 18.4 Å². The van der Waals surface area contributed by atoms with Gasteiger partial charge < -0.3 is 14.6 Å². The number of ether oxygens (including phenoxy) is 1. The van der Waals surface area contributed by atoms with Crippen LogP contribution in [0.1, 0.15) is 43.5 Å². The number of nitrogens with zero attached hydrogens (tertiary/aromatic N) is 1. The Labute approximate surface area is 127 Å². The standard InChI is InChI=1S/C17H28N2O2/c1-12(2)9-18-10-16-13(3)8-14(4)19(17(16)20)11-15-6-5-7-21-15/h8,12,15,18H,5-7,9-11H2,1-4H3. The molecule has 0 aromatic carbocycles. The van der Waals surface area contributed by atoms with E-state index in [0.717, 1.165) is 42.8 Å². The van der Waals surface area contributed by atoms with Crippen molar-refractivity contribution in [3.05, 3.63) is 33.2 Å². The summed E-state index contributed by atoms with van der Waals surface area (Å²) >= 11 is 0. The van der Waals surface area contributed by atoms with Crippen LogP contribution >= 0.6 is 0 Å². The average Bonchev–Trinajstić information content (AvgIpc) is 2.91. The van der Waals surface area contributed by atoms with Crippen molar-refractivity contribution in [3.8, 4) is 0 Å². The van der Waals surface area contributed by atoms with Gasteiger partial charge in [0.15, 0.2) is 0 Å². The number of aromatic nitrogens is 1. The number of nitrogens with one attached hydrogen (secondary N) is 1. The lowest BCUT2D eigenvalue weighted by Gasteiger charge is -2.18. The Hall–Kier alpha value is -1.13. The summed E-state index contributed by atoms with van der Waals surface area (Å²) in [6, 6.07) is 2.11. The van der Waals surface area contributed by atoms with Crippen LogP contribution in [0.3, 0.4) is 0 Å². The Balaban J connectivity index is 2.18. The summed E-state index contributed by atoms with van der Waals surface area (Å²) in [7, 11) is 0. The summed E-state index contributed by atoms with van der Waals surface area (Å²) in [5.74, 6) is 0.588. The van der Waals surface area contributed by atoms with Crippen molar-refractivity contribution >= 4 is 0 Å². The third-order valence-electron chi connectivity index (χ3n) is 4.10. The van der Waals surface area contributed by atoms with Crippen molar-refractivity contribution in [1.29, 1.82) is 0 Å². The Morgan fingerprint density at radius 3 is 2.81 bits per heavy atom. The third kappa shape index (κ3) is 4.17. The zero-order valence-electron chi connectivity index (χ0n) is 13.7. The molecule has 0 saturated carbocycles. The summed E-state index contributed by atoms with van der Waals surface area (Å²) in [6.45, 7) is 11.5. The van der Waals surface area contributed by atoms with E-state index in [1.54, 1.807) is 0 Å². The van der Waals surface area contributed by atoms with Crippen molar-refractivity contribution in [2.24, 2.45) is 5.92 Å². The molecule has 0 bridgehead atoms. The molecule has 1 atom stereocenters. The molecule has 0 spiro atoms. The summed E-state index contributed by atoms with van der Waals surface area (Å²) in [6.07, 6.45) is 2.36. The summed E-state index contributed by atoms with van der Waals surface area (Å²) < 4.78 is 7.56. The zero-order chi connectivity index (χ0) is 15.4. The van der Waals surface area contributed by atoms with E-state index in [4.69, 9.17) is 4.74 Å². The largest absolute Gasteiger partial charge is 0.376 e. The zero-order valence-corrected chi connectivity index (χ0v) is 13.7. The van der Waals surface area contributed by atoms with Crippen molar-refractivity contribution < 1.29 is 4.74 Å². The average molecular weight is 292 g/mol. The minimum absolute atomic E-state index is 0.138. The van der Waals surface area contributed by atoms with Gasteiger partial charge in [-0.3, -0.25) is 4.79 Å². The molecule has 4 nitrogen and oxygen atoms in total. The molecule has 1 aromatic rings. The first-order valence-corrected chi connectivity index (χ1v) is 8.01. The molecule has 1 aliphatic rings. The molecule has 1 saturated heterocycles. The predicted molar refractivity (Wildman–Crippen MR) is 85.7 cm³/mol. The summed E-state index contributed by atoms with van der Waals surface area (Å²) in [4.78, 5) is 12.7. The molecule has 2 heterocycles. The first-order valence-electron chi connectivity index (χ1n) is 8.01. The number of hydrogen-bond acceptors (Lipinski definition) is 3. The highest BCUT2D eigenvalue weighted by Crippen LogP contribution is 2.15. The van der Waals surface area contributed by atoms with Crippen molar-refractivity contribution in [2.75, 3.05) is 13.2 Å². The van der Waals surface area contributed by atoms with Gasteiger partial charge in [-0.15, -0.1) is 0 Å². The lowest BCUT2D eigenvalue weighted by Crippen LogP contribution is -2.33. The first kappa shape index (κ1) is 16.2. The Morgan fingerprint density at radius 1 is 1.43 bits per heavy atom. The monoisotopic (exact) mass is 292 g/mol. The van der Waals surface area contributed by atoms with Gasteiger partial charge >= 0.3 is 0 Å². The van der Waals surface area contributed by atoms with Crippen LogP contribution in [-0.4, -0.2) is 23.8 Å². The van der Waals surface area contributed by atoms with Gasteiger partial charge in [0.2, 0.25) is 0 Å². The van der Waals surface area contributed by atoms with Crippen molar-refractivity contribution in [1.82, 2.24) is 9.88 Å². The molecule has 1 aromatic heterocycles. The van der Waals surface area contributed by atoms with Crippen molar-refractivity contribution in [2.45, 2.75) is 59.7 Å². The van der Waals surface area contributed by atoms with Crippen molar-refractivity contribution in [3.63, 3.8) is 0 Å². The molecule has 1 N–H and O–H groups in total. The molecular weight excluding hydrogens is 264 g/mol. The van der Waals surface area contributed by atoms with E-state index in [2.05, 4.69) is 25.2 Å². The highest BCUT2D eigenvalue weighted by molar-refractivity contribution is 5.26. The van der Waals surface area contributed by atoms with Gasteiger partial charge in [0, 0.05) is 24.4 Å². The number of pyridine rings is 1. The maximum atomic E-state index is 12.7. The normalized spacial score (nSPS) is 18.6. The molecular formula is C17H28N2O2. The maximum absolute atomic E-state index is 12.7. The van der Waals surface area contributed by atoms with Gasteiger partial charge in [-0.1, -0.05) is 13.8 Å². The smallest absolute Gasteiger partial charge is 0.255 e. The van der Waals surface area contributed by atoms with Gasteiger partial charge in [0.05, 0.1) is 12.6 Å². The molecule has 0 aliphatic carbocycles. The van der Waals surface area contributed by atoms with E-state index in [1.165, 1.54) is 0 Å². The fraction of sp³-hybridized carbons (Fsp3) is 0.706. The Morgan fingerprint density at radius 2 is 2.19 bits per heavy atom. The molecule has 1 aliphatic heterocycles. The molecule has 1 unspecified atom stereocenters. The van der Waals surface area contributed by atoms with Crippen LogP contribution in [0.2, 0.25) is 0 Å². The number of aryl methyl sites for hydroxylation is 2. The highest BCUT2D eigenvalue weighted by atomic mass is 16.5. The molecule has 0 amide bonds. The minimum Gasteiger partial charge on any atom is -0.376 e. The molecule has 21 heavy (non-hydrogen) atoms. The van der Waals surface area contributed by atoms with Crippen LogP contribution in [-0.2, 0) is 17.8 Å². The summed E-state index contributed by atoms with van der Waals surface area (Å²) in [5.41, 5.74) is 3.14. The lowest BCUT2D eigenvalue weighted by atomic mass is 10.1. The van der Waals surface area contributed by atoms with Gasteiger partial charge in [-0.05, 0) is 50.8 Å². The Kier molecular flexibility index (Phi) is 5.59. The Bertz CT molecular complexity index is 528. The number of rotatable bonds is 6. The molecule has 118 valence electrons. The molecule has 4 heteroatoms. The fourth-order valence-corrected chi connectivity index (χ4v) is 2.89. The maximum Gasteiger partial charge on any atom is 0.255 e. The van der Waals surface area contributed by atoms with Gasteiger partial charge in [-0.2, -0.15) is 0 Å². The van der Waals surface area contributed by atoms with Crippen LogP contribution in [0.5, 0.6) is 0 Å². The predicted octanol–water partition coefficient (Wildman–Crippen LogP) is 2.39. The van der Waals surface area contributed by atoms with E-state index in [0.29, 0.717) is 19.0 Å². The SMILES string of the molecule is Cc1cc(C)n(CC2CCCO2)c(=O)c1CNCC(C)C. The second-order valence-electron chi connectivity index (χ2n) is 6.52. The topological polar surface area (TPSA) is 43.3 Å². The van der Waals surface area contributed by atoms with Crippen LogP contribution in [0.15, 0.2) is 10.9 Å². The van der Waals surface area contributed by atoms with Crippen LogP contribution in [0.25, 0.3) is 0 Å². The van der Waals surface area contributed by atoms with E-state index >= 15 is 0 Å². The van der Waals surface area contributed by atoms with E-state index in [-0.39, 0.29) is 11.7 Å². The van der Waals surface area contributed by atoms with Crippen LogP contribution in [0, 0.1) is 19.8 Å². The van der Waals surface area contributed by atoms with Crippen LogP contribution in [0.4, 0.5) is 0 Å². The summed E-state index contributed by atoms with van der Waals surface area (Å²) in [5, 5.41) is 3.38. The van der Waals surface area contributed by atoms with Gasteiger partial charge in [0.1, 0.15) is 0 Å². The first-order chi connectivity index (χ1) is 9.99. The second-order valence-corrected chi connectivity index (χ2v) is 6.52. The van der Waals surface area contributed by atoms with Gasteiger partial charge in [0.25, 0.3) is 5.56 Å². The van der Waals surface area contributed by atoms with E-state index < -0.39 is 0 Å². The third-order valence-corrected chi connectivity index (χ3v) is 4.10. The lowest BCUT2D eigenvalue weighted by molar-refractivity contribution is 0.0955. The minimum atomic E-state index is 0.138. The molecule has 1 fully saturated rings. The fourth-order valence-electron chi connectivity index (χ4n) is 2.89. The number of hydrogen-bond donors (Lipinski definition) is 1. The quantitative estimate of drug-likeness (QED) is 0.875. The highest BCUT2D eigenvalue weighted by Gasteiger charge is 2.19. The van der Waals surface area contributed by atoms with E-state index in [9.17, 15) is 4.79 Å². The molecule has 0 radical (unpaired) electrons. The van der Waals surface area contributed by atoms with Crippen LogP contribution < -0.4 is 10.9 Å². The second kappa shape index (κ2) is 7.23.